The van der Waals surface area contributed by atoms with E-state index in [2.05, 4.69) is 69.7 Å². The van der Waals surface area contributed by atoms with Crippen LogP contribution in [-0.4, -0.2) is 24.1 Å². The maximum atomic E-state index is 4.30. The number of nitrogens with zero attached hydrogens (tertiary/aromatic N) is 3. The lowest BCUT2D eigenvalue weighted by Crippen LogP contribution is -2.08. The van der Waals surface area contributed by atoms with E-state index in [1.165, 1.54) is 11.1 Å². The number of aryl methyl sites for hydroxylation is 2. The van der Waals surface area contributed by atoms with Crippen molar-refractivity contribution in [2.45, 2.75) is 13.8 Å². The van der Waals surface area contributed by atoms with Gasteiger partial charge < -0.3 is 15.5 Å². The highest BCUT2D eigenvalue weighted by atomic mass is 15.1. The monoisotopic (exact) mass is 333 g/mol. The summed E-state index contributed by atoms with van der Waals surface area (Å²) in [7, 11) is 4.05. The number of aromatic nitrogens is 2. The number of benzene rings is 2. The minimum Gasteiger partial charge on any atom is -0.378 e. The van der Waals surface area contributed by atoms with Gasteiger partial charge in [0.2, 0.25) is 0 Å². The average Bonchev–Trinajstić information content (AvgIpc) is 2.59. The Morgan fingerprint density at radius 3 is 1.92 bits per heavy atom. The second kappa shape index (κ2) is 7.21. The summed E-state index contributed by atoms with van der Waals surface area (Å²) in [5, 5.41) is 6.63. The molecular weight excluding hydrogens is 310 g/mol. The van der Waals surface area contributed by atoms with Gasteiger partial charge in [-0.15, -0.1) is 0 Å². The first-order valence-electron chi connectivity index (χ1n) is 8.22. The standard InChI is InChI=1S/C20H23N5/c1-14-5-6-17(11-15(14)2)24-20-12-19(21-13-22-20)23-16-7-9-18(10-8-16)25(3)4/h5-13H,1-4H3,(H2,21,22,23,24). The molecule has 5 nitrogen and oxygen atoms in total. The molecule has 0 aliphatic rings. The highest BCUT2D eigenvalue weighted by Gasteiger charge is 2.02. The van der Waals surface area contributed by atoms with Crippen LogP contribution in [0.5, 0.6) is 0 Å². The highest BCUT2D eigenvalue weighted by Crippen LogP contribution is 2.22. The summed E-state index contributed by atoms with van der Waals surface area (Å²) in [4.78, 5) is 10.7. The lowest BCUT2D eigenvalue weighted by Gasteiger charge is -2.13. The Kier molecular flexibility index (Phi) is 4.84. The van der Waals surface area contributed by atoms with Gasteiger partial charge in [0.1, 0.15) is 18.0 Å². The molecule has 2 N–H and O–H groups in total. The van der Waals surface area contributed by atoms with Gasteiger partial charge in [-0.2, -0.15) is 0 Å². The summed E-state index contributed by atoms with van der Waals surface area (Å²) in [6, 6.07) is 16.4. The van der Waals surface area contributed by atoms with E-state index in [1.54, 1.807) is 6.33 Å². The van der Waals surface area contributed by atoms with Crippen molar-refractivity contribution in [1.82, 2.24) is 9.97 Å². The Labute approximate surface area is 148 Å². The molecule has 3 aromatic rings. The Morgan fingerprint density at radius 1 is 0.720 bits per heavy atom. The minimum atomic E-state index is 0.749. The molecular formula is C20H23N5. The molecule has 3 rings (SSSR count). The van der Waals surface area contributed by atoms with Gasteiger partial charge in [-0.05, 0) is 61.4 Å². The first-order chi connectivity index (χ1) is 12.0. The molecule has 0 radical (unpaired) electrons. The molecule has 0 fully saturated rings. The van der Waals surface area contributed by atoms with Crippen molar-refractivity contribution in [2.24, 2.45) is 0 Å². The van der Waals surface area contributed by atoms with Crippen molar-refractivity contribution in [3.8, 4) is 0 Å². The van der Waals surface area contributed by atoms with Crippen LogP contribution in [-0.2, 0) is 0 Å². The molecule has 0 amide bonds. The van der Waals surface area contributed by atoms with Gasteiger partial charge in [0, 0.05) is 37.2 Å². The summed E-state index contributed by atoms with van der Waals surface area (Å²) in [6.07, 6.45) is 1.56. The van der Waals surface area contributed by atoms with E-state index in [0.717, 1.165) is 28.7 Å². The first-order valence-corrected chi connectivity index (χ1v) is 8.22. The van der Waals surface area contributed by atoms with Crippen LogP contribution in [0.4, 0.5) is 28.7 Å². The van der Waals surface area contributed by atoms with Crippen LogP contribution in [0.2, 0.25) is 0 Å². The Balaban J connectivity index is 1.73. The predicted octanol–water partition coefficient (Wildman–Crippen LogP) is 4.65. The zero-order valence-electron chi connectivity index (χ0n) is 15.0. The second-order valence-electron chi connectivity index (χ2n) is 6.28. The molecule has 0 atom stereocenters. The zero-order chi connectivity index (χ0) is 17.8. The maximum Gasteiger partial charge on any atom is 0.135 e. The van der Waals surface area contributed by atoms with Gasteiger partial charge in [0.05, 0.1) is 0 Å². The third-order valence-corrected chi connectivity index (χ3v) is 4.10. The van der Waals surface area contributed by atoms with Crippen molar-refractivity contribution in [3.63, 3.8) is 0 Å². The molecule has 0 saturated carbocycles. The molecule has 0 aliphatic heterocycles. The van der Waals surface area contributed by atoms with Gasteiger partial charge in [-0.3, -0.25) is 0 Å². The number of hydrogen-bond acceptors (Lipinski definition) is 5. The largest absolute Gasteiger partial charge is 0.378 e. The molecule has 0 unspecified atom stereocenters. The molecule has 2 aromatic carbocycles. The number of hydrogen-bond donors (Lipinski definition) is 2. The fourth-order valence-corrected chi connectivity index (χ4v) is 2.45. The van der Waals surface area contributed by atoms with Crippen LogP contribution in [0.15, 0.2) is 54.9 Å². The van der Waals surface area contributed by atoms with E-state index in [-0.39, 0.29) is 0 Å². The van der Waals surface area contributed by atoms with E-state index in [0.29, 0.717) is 0 Å². The van der Waals surface area contributed by atoms with E-state index >= 15 is 0 Å². The van der Waals surface area contributed by atoms with Crippen molar-refractivity contribution in [1.29, 1.82) is 0 Å². The van der Waals surface area contributed by atoms with E-state index in [4.69, 9.17) is 0 Å². The number of rotatable bonds is 5. The summed E-state index contributed by atoms with van der Waals surface area (Å²) in [5.41, 5.74) is 5.69. The third-order valence-electron chi connectivity index (χ3n) is 4.10. The van der Waals surface area contributed by atoms with Crippen molar-refractivity contribution in [2.75, 3.05) is 29.6 Å². The molecule has 128 valence electrons. The van der Waals surface area contributed by atoms with Crippen molar-refractivity contribution >= 4 is 28.7 Å². The molecule has 0 spiro atoms. The first kappa shape index (κ1) is 16.8. The van der Waals surface area contributed by atoms with Crippen LogP contribution in [0.1, 0.15) is 11.1 Å². The smallest absolute Gasteiger partial charge is 0.135 e. The molecule has 0 aliphatic carbocycles. The van der Waals surface area contributed by atoms with Gasteiger partial charge >= 0.3 is 0 Å². The molecule has 0 saturated heterocycles. The van der Waals surface area contributed by atoms with Gasteiger partial charge in [-0.1, -0.05) is 6.07 Å². The summed E-state index contributed by atoms with van der Waals surface area (Å²) >= 11 is 0. The van der Waals surface area contributed by atoms with Crippen LogP contribution < -0.4 is 15.5 Å². The van der Waals surface area contributed by atoms with Crippen LogP contribution >= 0.6 is 0 Å². The Bertz CT molecular complexity index is 856. The van der Waals surface area contributed by atoms with Crippen LogP contribution in [0, 0.1) is 13.8 Å². The Morgan fingerprint density at radius 2 is 1.32 bits per heavy atom. The van der Waals surface area contributed by atoms with Gasteiger partial charge in [0.25, 0.3) is 0 Å². The highest BCUT2D eigenvalue weighted by molar-refractivity contribution is 5.64. The van der Waals surface area contributed by atoms with E-state index < -0.39 is 0 Å². The van der Waals surface area contributed by atoms with E-state index in [9.17, 15) is 0 Å². The molecule has 0 bridgehead atoms. The van der Waals surface area contributed by atoms with Crippen LogP contribution in [0.25, 0.3) is 0 Å². The maximum absolute atomic E-state index is 4.30. The fourth-order valence-electron chi connectivity index (χ4n) is 2.45. The SMILES string of the molecule is Cc1ccc(Nc2cc(Nc3ccc(N(C)C)cc3)ncn2)cc1C. The second-order valence-corrected chi connectivity index (χ2v) is 6.28. The molecule has 1 aromatic heterocycles. The zero-order valence-corrected chi connectivity index (χ0v) is 15.0. The van der Waals surface area contributed by atoms with Crippen molar-refractivity contribution < 1.29 is 0 Å². The number of nitrogens with one attached hydrogen (secondary N) is 2. The summed E-state index contributed by atoms with van der Waals surface area (Å²) < 4.78 is 0. The topological polar surface area (TPSA) is 53.1 Å². The average molecular weight is 333 g/mol. The molecule has 1 heterocycles. The van der Waals surface area contributed by atoms with Gasteiger partial charge in [0.15, 0.2) is 0 Å². The Hall–Kier alpha value is -3.08. The number of anilines is 5. The van der Waals surface area contributed by atoms with Gasteiger partial charge in [-0.25, -0.2) is 9.97 Å². The predicted molar refractivity (Wildman–Crippen MR) is 105 cm³/mol. The molecule has 25 heavy (non-hydrogen) atoms. The third kappa shape index (κ3) is 4.26. The quantitative estimate of drug-likeness (QED) is 0.712. The lowest BCUT2D eigenvalue weighted by molar-refractivity contribution is 1.13. The lowest BCUT2D eigenvalue weighted by atomic mass is 10.1. The van der Waals surface area contributed by atoms with E-state index in [1.807, 2.05) is 32.3 Å². The molecule has 5 heteroatoms. The summed E-state index contributed by atoms with van der Waals surface area (Å²) in [5.74, 6) is 1.50. The minimum absolute atomic E-state index is 0.749. The van der Waals surface area contributed by atoms with Crippen LogP contribution in [0.3, 0.4) is 0 Å². The van der Waals surface area contributed by atoms with Crippen molar-refractivity contribution in [3.05, 3.63) is 66.0 Å². The summed E-state index contributed by atoms with van der Waals surface area (Å²) in [6.45, 7) is 4.21. The fraction of sp³-hybridized carbons (Fsp3) is 0.200. The normalized spacial score (nSPS) is 10.4.